The minimum absolute atomic E-state index is 0.0938. The molecule has 0 radical (unpaired) electrons. The summed E-state index contributed by atoms with van der Waals surface area (Å²) >= 11 is 0. The monoisotopic (exact) mass is 342 g/mol. The molecule has 0 saturated carbocycles. The van der Waals surface area contributed by atoms with E-state index in [-0.39, 0.29) is 23.7 Å². The van der Waals surface area contributed by atoms with Crippen molar-refractivity contribution in [2.24, 2.45) is 16.8 Å². The lowest BCUT2D eigenvalue weighted by atomic mass is 9.96. The summed E-state index contributed by atoms with van der Waals surface area (Å²) in [6.45, 7) is 8.75. The van der Waals surface area contributed by atoms with Crippen molar-refractivity contribution >= 4 is 17.9 Å². The molecule has 1 aromatic carbocycles. The van der Waals surface area contributed by atoms with E-state index >= 15 is 0 Å². The Morgan fingerprint density at radius 1 is 1.16 bits per heavy atom. The maximum absolute atomic E-state index is 12.3. The van der Waals surface area contributed by atoms with Crippen molar-refractivity contribution in [3.8, 4) is 0 Å². The molecule has 136 valence electrons. The third kappa shape index (κ3) is 4.77. The van der Waals surface area contributed by atoms with Crippen LogP contribution < -0.4 is 15.9 Å². The molecule has 0 aromatic heterocycles. The predicted molar refractivity (Wildman–Crippen MR) is 101 cm³/mol. The third-order valence-corrected chi connectivity index (χ3v) is 4.94. The highest BCUT2D eigenvalue weighted by Gasteiger charge is 2.21. The van der Waals surface area contributed by atoms with Crippen LogP contribution in [0.25, 0.3) is 6.08 Å². The molecule has 1 aliphatic rings. The van der Waals surface area contributed by atoms with Gasteiger partial charge in [-0.1, -0.05) is 44.9 Å². The summed E-state index contributed by atoms with van der Waals surface area (Å²) in [6, 6.07) is 4.07. The van der Waals surface area contributed by atoms with Gasteiger partial charge in [-0.05, 0) is 44.2 Å². The van der Waals surface area contributed by atoms with E-state index < -0.39 is 0 Å². The fourth-order valence-corrected chi connectivity index (χ4v) is 3.45. The molecule has 0 fully saturated rings. The molecule has 0 bridgehead atoms. The van der Waals surface area contributed by atoms with Crippen molar-refractivity contribution in [1.29, 1.82) is 0 Å². The van der Waals surface area contributed by atoms with E-state index in [4.69, 9.17) is 0 Å². The van der Waals surface area contributed by atoms with Crippen molar-refractivity contribution < 1.29 is 9.59 Å². The number of nitrogens with one attached hydrogen (secondary N) is 1. The van der Waals surface area contributed by atoms with Crippen molar-refractivity contribution in [3.63, 3.8) is 0 Å². The quantitative estimate of drug-likeness (QED) is 0.789. The molecule has 1 N–H and O–H groups in total. The molecule has 0 spiro atoms. The molecule has 1 unspecified atom stereocenters. The molecule has 0 saturated heterocycles. The van der Waals surface area contributed by atoms with E-state index in [0.29, 0.717) is 13.0 Å². The first-order valence-corrected chi connectivity index (χ1v) is 9.46. The summed E-state index contributed by atoms with van der Waals surface area (Å²) in [6.07, 6.45) is 6.51. The Balaban J connectivity index is 2.02. The van der Waals surface area contributed by atoms with Gasteiger partial charge in [0, 0.05) is 17.7 Å². The van der Waals surface area contributed by atoms with Crippen LogP contribution in [0.3, 0.4) is 0 Å². The zero-order valence-corrected chi connectivity index (χ0v) is 15.9. The van der Waals surface area contributed by atoms with Crippen molar-refractivity contribution in [2.45, 2.75) is 59.8 Å². The first kappa shape index (κ1) is 19.4. The van der Waals surface area contributed by atoms with Crippen LogP contribution in [0.2, 0.25) is 0 Å². The second kappa shape index (κ2) is 8.93. The highest BCUT2D eigenvalue weighted by molar-refractivity contribution is 5.86. The number of carbonyl (C=O) groups is 2. The number of nitrogens with zero attached hydrogens (tertiary/aromatic N) is 1. The Hall–Kier alpha value is -1.97. The van der Waals surface area contributed by atoms with Crippen LogP contribution in [0.1, 0.15) is 57.1 Å². The summed E-state index contributed by atoms with van der Waals surface area (Å²) in [5, 5.41) is 4.88. The van der Waals surface area contributed by atoms with Gasteiger partial charge in [0.1, 0.15) is 0 Å². The highest BCUT2D eigenvalue weighted by atomic mass is 16.2. The molecule has 25 heavy (non-hydrogen) atoms. The van der Waals surface area contributed by atoms with Crippen LogP contribution in [0.4, 0.5) is 0 Å². The summed E-state index contributed by atoms with van der Waals surface area (Å²) in [5.74, 6) is -0.133. The molecule has 2 rings (SSSR count). The minimum Gasteiger partial charge on any atom is -0.356 e. The van der Waals surface area contributed by atoms with Gasteiger partial charge in [-0.15, -0.1) is 0 Å². The minimum atomic E-state index is -0.246. The Kier molecular flexibility index (Phi) is 6.91. The normalized spacial score (nSPS) is 16.2. The second-order valence-electron chi connectivity index (χ2n) is 7.04. The van der Waals surface area contributed by atoms with Gasteiger partial charge in [0.25, 0.3) is 5.91 Å². The number of hydrogen-bond donors (Lipinski definition) is 1. The van der Waals surface area contributed by atoms with E-state index in [1.807, 2.05) is 26.0 Å². The number of amides is 2. The van der Waals surface area contributed by atoms with Crippen molar-refractivity contribution in [3.05, 3.63) is 33.8 Å². The zero-order valence-electron chi connectivity index (χ0n) is 15.9. The van der Waals surface area contributed by atoms with Gasteiger partial charge in [0.05, 0.1) is 11.3 Å². The second-order valence-corrected chi connectivity index (χ2v) is 7.04. The molecule has 1 aromatic rings. The Morgan fingerprint density at radius 3 is 2.44 bits per heavy atom. The number of carbonyl (C=O) groups excluding carboxylic acids is 2. The van der Waals surface area contributed by atoms with Crippen LogP contribution >= 0.6 is 0 Å². The van der Waals surface area contributed by atoms with Gasteiger partial charge in [0.2, 0.25) is 5.91 Å². The van der Waals surface area contributed by atoms with Crippen LogP contribution in [0.15, 0.2) is 17.1 Å². The number of rotatable bonds is 8. The first-order valence-electron chi connectivity index (χ1n) is 9.46. The Morgan fingerprint density at radius 2 is 1.80 bits per heavy atom. The van der Waals surface area contributed by atoms with Crippen molar-refractivity contribution in [2.75, 3.05) is 6.54 Å². The number of fused-ring (bicyclic) bond motifs is 1. The van der Waals surface area contributed by atoms with Gasteiger partial charge in [-0.2, -0.15) is 0 Å². The van der Waals surface area contributed by atoms with Crippen LogP contribution in [0.5, 0.6) is 0 Å². The van der Waals surface area contributed by atoms with Gasteiger partial charge in [-0.3, -0.25) is 9.59 Å². The third-order valence-electron chi connectivity index (χ3n) is 4.94. The maximum atomic E-state index is 12.3. The number of hydrogen-bond acceptors (Lipinski definition) is 2. The molecule has 1 atom stereocenters. The molecule has 4 nitrogen and oxygen atoms in total. The summed E-state index contributed by atoms with van der Waals surface area (Å²) in [7, 11) is 0. The van der Waals surface area contributed by atoms with E-state index in [1.54, 1.807) is 0 Å². The van der Waals surface area contributed by atoms with Gasteiger partial charge in [-0.25, -0.2) is 4.99 Å². The summed E-state index contributed by atoms with van der Waals surface area (Å²) in [4.78, 5) is 28.9. The fraction of sp³-hybridized carbons (Fsp3) is 0.571. The van der Waals surface area contributed by atoms with E-state index in [1.165, 1.54) is 0 Å². The number of benzene rings is 1. The largest absolute Gasteiger partial charge is 0.356 e. The molecule has 4 heteroatoms. The molecule has 0 aliphatic carbocycles. The average Bonchev–Trinajstić information content (AvgIpc) is 2.59. The Bertz CT molecular complexity index is 746. The zero-order chi connectivity index (χ0) is 18.4. The van der Waals surface area contributed by atoms with E-state index in [0.717, 1.165) is 47.4 Å². The van der Waals surface area contributed by atoms with Gasteiger partial charge < -0.3 is 5.32 Å². The van der Waals surface area contributed by atoms with Gasteiger partial charge >= 0.3 is 0 Å². The molecular weight excluding hydrogens is 312 g/mol. The van der Waals surface area contributed by atoms with Gasteiger partial charge in [0.15, 0.2) is 0 Å². The molecule has 1 aliphatic heterocycles. The van der Waals surface area contributed by atoms with Crippen molar-refractivity contribution in [1.82, 2.24) is 5.32 Å². The number of aryl methyl sites for hydroxylation is 2. The Labute approximate surface area is 150 Å². The molecule has 1 heterocycles. The highest BCUT2D eigenvalue weighted by Crippen LogP contribution is 2.14. The van der Waals surface area contributed by atoms with E-state index in [9.17, 15) is 9.59 Å². The lowest BCUT2D eigenvalue weighted by Crippen LogP contribution is -2.39. The predicted octanol–water partition coefficient (Wildman–Crippen LogP) is 2.58. The van der Waals surface area contributed by atoms with Crippen LogP contribution in [0, 0.1) is 25.7 Å². The summed E-state index contributed by atoms with van der Waals surface area (Å²) in [5.41, 5.74) is 2.16. The summed E-state index contributed by atoms with van der Waals surface area (Å²) < 4.78 is 0. The maximum Gasteiger partial charge on any atom is 0.253 e. The van der Waals surface area contributed by atoms with E-state index in [2.05, 4.69) is 30.2 Å². The fourth-order valence-electron chi connectivity index (χ4n) is 3.45. The SMILES string of the molecule is CCCC(CCC)C(=O)NCCC1C=c2c(C)ccc(C)c2=NC1=O. The lowest BCUT2D eigenvalue weighted by Gasteiger charge is -2.17. The molecular formula is C21H30N2O2. The molecule has 2 amide bonds. The van der Waals surface area contributed by atoms with Crippen LogP contribution in [-0.4, -0.2) is 18.4 Å². The van der Waals surface area contributed by atoms with Crippen LogP contribution in [-0.2, 0) is 9.59 Å². The smallest absolute Gasteiger partial charge is 0.253 e. The standard InChI is InChI=1S/C21H30N2O2/c1-5-7-16(8-6-2)20(24)22-12-11-17-13-18-14(3)9-10-15(4)19(18)23-21(17)25/h9-10,13,16-17H,5-8,11-12H2,1-4H3,(H,22,24). The first-order chi connectivity index (χ1) is 12.0. The topological polar surface area (TPSA) is 58.5 Å². The lowest BCUT2D eigenvalue weighted by molar-refractivity contribution is -0.126. The average molecular weight is 342 g/mol.